The Morgan fingerprint density at radius 1 is 1.50 bits per heavy atom. The molecule has 0 aliphatic carbocycles. The number of rotatable bonds is 2. The standard InChI is InChI=1S/C12H15N3O/c1-16-11-3-2-10-7-14-12(15(10)8-11)9-4-5-13-6-9/h2-3,7-9,13H,4-6H2,1H3. The number of hydrogen-bond donors (Lipinski definition) is 1. The average Bonchev–Trinajstić information content (AvgIpc) is 2.96. The number of aromatic nitrogens is 2. The lowest BCUT2D eigenvalue weighted by atomic mass is 10.1. The number of hydrogen-bond acceptors (Lipinski definition) is 3. The third-order valence-corrected chi connectivity index (χ3v) is 3.19. The molecule has 1 saturated heterocycles. The number of nitrogens with one attached hydrogen (secondary N) is 1. The topological polar surface area (TPSA) is 38.6 Å². The Labute approximate surface area is 94.3 Å². The third-order valence-electron chi connectivity index (χ3n) is 3.19. The first-order valence-corrected chi connectivity index (χ1v) is 5.60. The van der Waals surface area contributed by atoms with E-state index >= 15 is 0 Å². The zero-order chi connectivity index (χ0) is 11.0. The van der Waals surface area contributed by atoms with Crippen LogP contribution in [-0.2, 0) is 0 Å². The van der Waals surface area contributed by atoms with E-state index in [2.05, 4.69) is 14.7 Å². The second-order valence-corrected chi connectivity index (χ2v) is 4.17. The highest BCUT2D eigenvalue weighted by Crippen LogP contribution is 2.23. The molecule has 16 heavy (non-hydrogen) atoms. The highest BCUT2D eigenvalue weighted by Gasteiger charge is 2.20. The number of fused-ring (bicyclic) bond motifs is 1. The lowest BCUT2D eigenvalue weighted by Gasteiger charge is -2.08. The monoisotopic (exact) mass is 217 g/mol. The molecule has 84 valence electrons. The Morgan fingerprint density at radius 2 is 2.44 bits per heavy atom. The maximum Gasteiger partial charge on any atom is 0.135 e. The van der Waals surface area contributed by atoms with Crippen molar-refractivity contribution in [3.8, 4) is 5.75 Å². The second-order valence-electron chi connectivity index (χ2n) is 4.17. The fourth-order valence-electron chi connectivity index (χ4n) is 2.29. The summed E-state index contributed by atoms with van der Waals surface area (Å²) in [4.78, 5) is 4.52. The highest BCUT2D eigenvalue weighted by molar-refractivity contribution is 5.48. The van der Waals surface area contributed by atoms with Crippen LogP contribution in [0.3, 0.4) is 0 Å². The molecule has 1 fully saturated rings. The molecule has 0 amide bonds. The second kappa shape index (κ2) is 3.79. The summed E-state index contributed by atoms with van der Waals surface area (Å²) in [6, 6.07) is 4.01. The molecule has 1 N–H and O–H groups in total. The molecule has 4 heteroatoms. The molecule has 2 aromatic rings. The predicted molar refractivity (Wildman–Crippen MR) is 62.0 cm³/mol. The summed E-state index contributed by atoms with van der Waals surface area (Å²) in [7, 11) is 1.69. The van der Waals surface area contributed by atoms with Crippen LogP contribution in [0.15, 0.2) is 24.5 Å². The van der Waals surface area contributed by atoms with Crippen LogP contribution in [0.5, 0.6) is 5.75 Å². The number of methoxy groups -OCH3 is 1. The molecule has 4 nitrogen and oxygen atoms in total. The van der Waals surface area contributed by atoms with Crippen LogP contribution in [0.25, 0.3) is 5.52 Å². The zero-order valence-electron chi connectivity index (χ0n) is 9.31. The fourth-order valence-corrected chi connectivity index (χ4v) is 2.29. The van der Waals surface area contributed by atoms with Gasteiger partial charge in [-0.1, -0.05) is 0 Å². The number of nitrogens with zero attached hydrogens (tertiary/aromatic N) is 2. The van der Waals surface area contributed by atoms with Crippen molar-refractivity contribution in [3.63, 3.8) is 0 Å². The van der Waals surface area contributed by atoms with Crippen molar-refractivity contribution in [3.05, 3.63) is 30.4 Å². The van der Waals surface area contributed by atoms with Crippen molar-refractivity contribution < 1.29 is 4.74 Å². The van der Waals surface area contributed by atoms with Gasteiger partial charge in [-0.15, -0.1) is 0 Å². The Balaban J connectivity index is 2.09. The van der Waals surface area contributed by atoms with Gasteiger partial charge in [0, 0.05) is 12.5 Å². The van der Waals surface area contributed by atoms with Gasteiger partial charge in [-0.3, -0.25) is 4.40 Å². The van der Waals surface area contributed by atoms with Crippen LogP contribution >= 0.6 is 0 Å². The SMILES string of the molecule is COc1ccc2cnc(C3CCNC3)n2c1. The van der Waals surface area contributed by atoms with E-state index < -0.39 is 0 Å². The van der Waals surface area contributed by atoms with Gasteiger partial charge in [-0.2, -0.15) is 0 Å². The van der Waals surface area contributed by atoms with Gasteiger partial charge in [0.05, 0.1) is 25.0 Å². The molecule has 3 heterocycles. The Kier molecular flexibility index (Phi) is 2.29. The molecule has 2 aromatic heterocycles. The normalized spacial score (nSPS) is 20.4. The van der Waals surface area contributed by atoms with Crippen LogP contribution in [0.4, 0.5) is 0 Å². The van der Waals surface area contributed by atoms with E-state index in [9.17, 15) is 0 Å². The molecule has 0 bridgehead atoms. The summed E-state index contributed by atoms with van der Waals surface area (Å²) in [5.74, 6) is 2.53. The first-order valence-electron chi connectivity index (χ1n) is 5.60. The summed E-state index contributed by atoms with van der Waals surface area (Å²) in [5, 5.41) is 3.37. The molecule has 0 aromatic carbocycles. The Hall–Kier alpha value is -1.55. The van der Waals surface area contributed by atoms with Crippen molar-refractivity contribution in [2.45, 2.75) is 12.3 Å². The summed E-state index contributed by atoms with van der Waals surface area (Å²) < 4.78 is 7.38. The van der Waals surface area contributed by atoms with Crippen molar-refractivity contribution in [2.24, 2.45) is 0 Å². The van der Waals surface area contributed by atoms with Gasteiger partial charge in [-0.05, 0) is 25.1 Å². The molecular weight excluding hydrogens is 202 g/mol. The Morgan fingerprint density at radius 3 is 3.19 bits per heavy atom. The lowest BCUT2D eigenvalue weighted by Crippen LogP contribution is -2.10. The molecule has 0 radical (unpaired) electrons. The molecule has 1 atom stereocenters. The molecular formula is C12H15N3O. The van der Waals surface area contributed by atoms with Crippen LogP contribution < -0.4 is 10.1 Å². The van der Waals surface area contributed by atoms with E-state index in [0.717, 1.165) is 36.6 Å². The molecule has 0 spiro atoms. The minimum absolute atomic E-state index is 0.523. The first kappa shape index (κ1) is 9.66. The largest absolute Gasteiger partial charge is 0.495 e. The number of pyridine rings is 1. The maximum absolute atomic E-state index is 5.25. The van der Waals surface area contributed by atoms with Crippen LogP contribution in [0.1, 0.15) is 18.2 Å². The first-order chi connectivity index (χ1) is 7.88. The van der Waals surface area contributed by atoms with Crippen LogP contribution in [0, 0.1) is 0 Å². The van der Waals surface area contributed by atoms with E-state index in [1.54, 1.807) is 7.11 Å². The Bertz CT molecular complexity index is 500. The van der Waals surface area contributed by atoms with E-state index in [-0.39, 0.29) is 0 Å². The quantitative estimate of drug-likeness (QED) is 0.826. The third kappa shape index (κ3) is 1.46. The van der Waals surface area contributed by atoms with Crippen molar-refractivity contribution >= 4 is 5.52 Å². The molecule has 1 aliphatic rings. The summed E-state index contributed by atoms with van der Waals surface area (Å²) in [5.41, 5.74) is 1.13. The average molecular weight is 217 g/mol. The minimum Gasteiger partial charge on any atom is -0.495 e. The fraction of sp³-hybridized carbons (Fsp3) is 0.417. The number of ether oxygens (including phenoxy) is 1. The van der Waals surface area contributed by atoms with E-state index in [4.69, 9.17) is 4.74 Å². The maximum atomic E-state index is 5.25. The highest BCUT2D eigenvalue weighted by atomic mass is 16.5. The van der Waals surface area contributed by atoms with Gasteiger partial charge < -0.3 is 10.1 Å². The van der Waals surface area contributed by atoms with E-state index in [1.807, 2.05) is 24.5 Å². The van der Waals surface area contributed by atoms with Crippen molar-refractivity contribution in [1.29, 1.82) is 0 Å². The van der Waals surface area contributed by atoms with Crippen LogP contribution in [-0.4, -0.2) is 29.6 Å². The summed E-state index contributed by atoms with van der Waals surface area (Å²) >= 11 is 0. The van der Waals surface area contributed by atoms with Crippen molar-refractivity contribution in [1.82, 2.24) is 14.7 Å². The summed E-state index contributed by atoms with van der Waals surface area (Å²) in [6.45, 7) is 2.11. The minimum atomic E-state index is 0.523. The van der Waals surface area contributed by atoms with E-state index in [0.29, 0.717) is 5.92 Å². The number of imidazole rings is 1. The van der Waals surface area contributed by atoms with Crippen molar-refractivity contribution in [2.75, 3.05) is 20.2 Å². The predicted octanol–water partition coefficient (Wildman–Crippen LogP) is 1.42. The van der Waals surface area contributed by atoms with Gasteiger partial charge >= 0.3 is 0 Å². The van der Waals surface area contributed by atoms with Gasteiger partial charge in [0.15, 0.2) is 0 Å². The van der Waals surface area contributed by atoms with E-state index in [1.165, 1.54) is 0 Å². The lowest BCUT2D eigenvalue weighted by molar-refractivity contribution is 0.412. The molecule has 1 aliphatic heterocycles. The molecule has 3 rings (SSSR count). The van der Waals surface area contributed by atoms with Gasteiger partial charge in [-0.25, -0.2) is 4.98 Å². The van der Waals surface area contributed by atoms with Gasteiger partial charge in [0.25, 0.3) is 0 Å². The zero-order valence-corrected chi connectivity index (χ0v) is 9.31. The van der Waals surface area contributed by atoms with Crippen LogP contribution in [0.2, 0.25) is 0 Å². The molecule has 0 saturated carbocycles. The smallest absolute Gasteiger partial charge is 0.135 e. The van der Waals surface area contributed by atoms with Gasteiger partial charge in [0.2, 0.25) is 0 Å². The van der Waals surface area contributed by atoms with Gasteiger partial charge in [0.1, 0.15) is 11.6 Å². The molecule has 1 unspecified atom stereocenters. The summed E-state index contributed by atoms with van der Waals surface area (Å²) in [6.07, 6.45) is 5.10.